The number of halogens is 1. The number of para-hydroxylation sites is 1. The highest BCUT2D eigenvalue weighted by Gasteiger charge is 2.32. The summed E-state index contributed by atoms with van der Waals surface area (Å²) in [5.41, 5.74) is 2.08. The molecular weight excluding hydrogens is 326 g/mol. The number of benzene rings is 1. The van der Waals surface area contributed by atoms with Crippen molar-refractivity contribution in [2.75, 3.05) is 13.1 Å². The lowest BCUT2D eigenvalue weighted by molar-refractivity contribution is -0.139. The maximum Gasteiger partial charge on any atom is 0.227 e. The van der Waals surface area contributed by atoms with Crippen molar-refractivity contribution in [3.63, 3.8) is 0 Å². The Kier molecular flexibility index (Phi) is 3.86. The molecule has 1 aromatic carbocycles. The number of hydrogen-bond donors (Lipinski definition) is 1. The minimum atomic E-state index is -0.00871. The van der Waals surface area contributed by atoms with Gasteiger partial charge in [-0.25, -0.2) is 4.98 Å². The number of likely N-dealkylation sites (tertiary alicyclic amines) is 1. The van der Waals surface area contributed by atoms with Crippen molar-refractivity contribution < 1.29 is 9.53 Å². The first-order chi connectivity index (χ1) is 11.7. The van der Waals surface area contributed by atoms with Crippen LogP contribution in [0.5, 0.6) is 5.88 Å². The monoisotopic (exact) mass is 341 g/mol. The molecule has 4 rings (SSSR count). The van der Waals surface area contributed by atoms with Crippen LogP contribution in [0.2, 0.25) is 5.02 Å². The highest BCUT2D eigenvalue weighted by molar-refractivity contribution is 6.30. The Morgan fingerprint density at radius 2 is 2.12 bits per heavy atom. The number of hydrogen-bond acceptors (Lipinski definition) is 3. The summed E-state index contributed by atoms with van der Waals surface area (Å²) in [5.74, 6) is 0.650. The van der Waals surface area contributed by atoms with Crippen molar-refractivity contribution in [1.29, 1.82) is 0 Å². The molecule has 1 fully saturated rings. The van der Waals surface area contributed by atoms with Gasteiger partial charge in [-0.05, 0) is 17.7 Å². The second-order valence-corrected chi connectivity index (χ2v) is 6.33. The number of nitrogens with one attached hydrogen (secondary N) is 1. The second-order valence-electron chi connectivity index (χ2n) is 5.89. The van der Waals surface area contributed by atoms with Crippen LogP contribution in [-0.2, 0) is 11.2 Å². The maximum absolute atomic E-state index is 12.4. The molecule has 0 saturated carbocycles. The molecule has 1 N–H and O–H groups in total. The first-order valence-electron chi connectivity index (χ1n) is 7.80. The number of fused-ring (bicyclic) bond motifs is 1. The van der Waals surface area contributed by atoms with E-state index in [2.05, 4.69) is 9.97 Å². The Hall–Kier alpha value is -2.53. The summed E-state index contributed by atoms with van der Waals surface area (Å²) < 4.78 is 5.72. The normalized spacial score (nSPS) is 14.6. The number of aromatic nitrogens is 2. The lowest BCUT2D eigenvalue weighted by Crippen LogP contribution is -2.56. The maximum atomic E-state index is 12.4. The molecule has 1 aliphatic rings. The minimum absolute atomic E-state index is 0.00871. The van der Waals surface area contributed by atoms with Gasteiger partial charge in [0.15, 0.2) is 0 Å². The fraction of sp³-hybridized carbons (Fsp3) is 0.222. The van der Waals surface area contributed by atoms with Crippen LogP contribution in [0.4, 0.5) is 0 Å². The van der Waals surface area contributed by atoms with Crippen molar-refractivity contribution in [2.45, 2.75) is 12.5 Å². The predicted octanol–water partition coefficient (Wildman–Crippen LogP) is 3.05. The van der Waals surface area contributed by atoms with Crippen LogP contribution >= 0.6 is 11.6 Å². The zero-order valence-corrected chi connectivity index (χ0v) is 13.7. The molecule has 2 aromatic heterocycles. The van der Waals surface area contributed by atoms with Gasteiger partial charge in [-0.1, -0.05) is 29.8 Å². The predicted molar refractivity (Wildman–Crippen MR) is 92.2 cm³/mol. The van der Waals surface area contributed by atoms with Crippen LogP contribution in [0, 0.1) is 0 Å². The molecule has 1 aliphatic heterocycles. The lowest BCUT2D eigenvalue weighted by Gasteiger charge is -2.38. The van der Waals surface area contributed by atoms with Crippen molar-refractivity contribution in [3.8, 4) is 5.88 Å². The van der Waals surface area contributed by atoms with Crippen LogP contribution in [0.25, 0.3) is 10.9 Å². The van der Waals surface area contributed by atoms with E-state index in [1.807, 2.05) is 35.4 Å². The molecule has 0 atom stereocenters. The number of carbonyl (C=O) groups is 1. The molecule has 1 saturated heterocycles. The summed E-state index contributed by atoms with van der Waals surface area (Å²) in [7, 11) is 0. The summed E-state index contributed by atoms with van der Waals surface area (Å²) in [4.78, 5) is 21.5. The first kappa shape index (κ1) is 15.0. The number of nitrogens with zero attached hydrogens (tertiary/aromatic N) is 2. The van der Waals surface area contributed by atoms with Gasteiger partial charge in [0.05, 0.1) is 24.5 Å². The third-order valence-electron chi connectivity index (χ3n) is 4.21. The van der Waals surface area contributed by atoms with Gasteiger partial charge in [-0.3, -0.25) is 4.79 Å². The number of H-pyrrole nitrogens is 1. The summed E-state index contributed by atoms with van der Waals surface area (Å²) >= 11 is 5.80. The number of rotatable bonds is 4. The van der Waals surface area contributed by atoms with Gasteiger partial charge in [-0.2, -0.15) is 0 Å². The van der Waals surface area contributed by atoms with Crippen LogP contribution in [0.3, 0.4) is 0 Å². The van der Waals surface area contributed by atoms with E-state index < -0.39 is 0 Å². The van der Waals surface area contributed by atoms with E-state index in [1.165, 1.54) is 0 Å². The minimum Gasteiger partial charge on any atom is -0.471 e. The van der Waals surface area contributed by atoms with E-state index in [-0.39, 0.29) is 12.0 Å². The fourth-order valence-electron chi connectivity index (χ4n) is 2.87. The molecule has 24 heavy (non-hydrogen) atoms. The van der Waals surface area contributed by atoms with E-state index >= 15 is 0 Å². The number of carbonyl (C=O) groups excluding carboxylic acids is 1. The zero-order valence-electron chi connectivity index (χ0n) is 12.9. The van der Waals surface area contributed by atoms with Gasteiger partial charge in [0.1, 0.15) is 6.10 Å². The number of aromatic amines is 1. The highest BCUT2D eigenvalue weighted by Crippen LogP contribution is 2.21. The first-order valence-corrected chi connectivity index (χ1v) is 8.18. The van der Waals surface area contributed by atoms with Crippen molar-refractivity contribution in [1.82, 2.24) is 14.9 Å². The average Bonchev–Trinajstić information content (AvgIpc) is 2.95. The topological polar surface area (TPSA) is 58.2 Å². The average molecular weight is 342 g/mol. The SMILES string of the molecule is O=C(Cc1c[nH]c2ccccc12)N1CC(Oc2ccc(Cl)cn2)C1. The Bertz CT molecular complexity index is 869. The molecule has 1 amide bonds. The summed E-state index contributed by atoms with van der Waals surface area (Å²) in [5, 5.41) is 1.68. The molecular formula is C18H16ClN3O2. The Morgan fingerprint density at radius 1 is 1.29 bits per heavy atom. The Morgan fingerprint density at radius 3 is 2.92 bits per heavy atom. The molecule has 0 aliphatic carbocycles. The van der Waals surface area contributed by atoms with E-state index in [4.69, 9.17) is 16.3 Å². The molecule has 0 unspecified atom stereocenters. The molecule has 3 heterocycles. The summed E-state index contributed by atoms with van der Waals surface area (Å²) in [6.45, 7) is 1.18. The van der Waals surface area contributed by atoms with Gasteiger partial charge in [-0.15, -0.1) is 0 Å². The highest BCUT2D eigenvalue weighted by atomic mass is 35.5. The second kappa shape index (κ2) is 6.17. The van der Waals surface area contributed by atoms with E-state index in [9.17, 15) is 4.79 Å². The van der Waals surface area contributed by atoms with E-state index in [1.54, 1.807) is 18.3 Å². The van der Waals surface area contributed by atoms with Crippen LogP contribution in [-0.4, -0.2) is 40.0 Å². The molecule has 0 radical (unpaired) electrons. The Balaban J connectivity index is 1.33. The Labute approximate surface area is 144 Å². The van der Waals surface area contributed by atoms with E-state index in [0.717, 1.165) is 16.5 Å². The van der Waals surface area contributed by atoms with Gasteiger partial charge >= 0.3 is 0 Å². The van der Waals surface area contributed by atoms with E-state index in [0.29, 0.717) is 30.4 Å². The van der Waals surface area contributed by atoms with Gasteiger partial charge < -0.3 is 14.6 Å². The third kappa shape index (κ3) is 2.95. The molecule has 0 spiro atoms. The van der Waals surface area contributed by atoms with Gasteiger partial charge in [0.2, 0.25) is 11.8 Å². The number of pyridine rings is 1. The summed E-state index contributed by atoms with van der Waals surface area (Å²) in [6.07, 6.45) is 3.85. The van der Waals surface area contributed by atoms with Crippen molar-refractivity contribution in [3.05, 3.63) is 59.4 Å². The quantitative estimate of drug-likeness (QED) is 0.793. The van der Waals surface area contributed by atoms with Crippen LogP contribution in [0.1, 0.15) is 5.56 Å². The van der Waals surface area contributed by atoms with Crippen LogP contribution in [0.15, 0.2) is 48.8 Å². The molecule has 122 valence electrons. The zero-order chi connectivity index (χ0) is 16.5. The van der Waals surface area contributed by atoms with Gasteiger partial charge in [0, 0.05) is 29.4 Å². The molecule has 5 nitrogen and oxygen atoms in total. The molecule has 0 bridgehead atoms. The van der Waals surface area contributed by atoms with Crippen molar-refractivity contribution in [2.24, 2.45) is 0 Å². The third-order valence-corrected chi connectivity index (χ3v) is 4.43. The standard InChI is InChI=1S/C18H16ClN3O2/c19-13-5-6-17(21-9-13)24-14-10-22(11-14)18(23)7-12-8-20-16-4-2-1-3-15(12)16/h1-6,8-9,14,20H,7,10-11H2. The lowest BCUT2D eigenvalue weighted by atomic mass is 10.1. The molecule has 6 heteroatoms. The van der Waals surface area contributed by atoms with Crippen molar-refractivity contribution >= 4 is 28.4 Å². The smallest absolute Gasteiger partial charge is 0.227 e. The molecule has 3 aromatic rings. The fourth-order valence-corrected chi connectivity index (χ4v) is 2.98. The number of amides is 1. The largest absolute Gasteiger partial charge is 0.471 e. The van der Waals surface area contributed by atoms with Crippen LogP contribution < -0.4 is 4.74 Å². The van der Waals surface area contributed by atoms with Gasteiger partial charge in [0.25, 0.3) is 0 Å². The number of ether oxygens (including phenoxy) is 1. The summed E-state index contributed by atoms with van der Waals surface area (Å²) in [6, 6.07) is 11.5.